The van der Waals surface area contributed by atoms with E-state index in [1.54, 1.807) is 18.2 Å². The lowest BCUT2D eigenvalue weighted by molar-refractivity contribution is 0.102. The van der Waals surface area contributed by atoms with Crippen LogP contribution in [0.2, 0.25) is 0 Å². The van der Waals surface area contributed by atoms with E-state index in [0.717, 1.165) is 5.01 Å². The fraction of sp³-hybridized carbons (Fsp3) is 0.357. The molecule has 0 aliphatic rings. The van der Waals surface area contributed by atoms with Crippen LogP contribution in [0.4, 0.5) is 5.13 Å². The smallest absolute Gasteiger partial charge is 0.257 e. The van der Waals surface area contributed by atoms with Crippen LogP contribution in [-0.2, 0) is 0 Å². The molecular formula is C14H17N3O2S. The lowest BCUT2D eigenvalue weighted by Gasteiger charge is -2.05. The van der Waals surface area contributed by atoms with Crippen molar-refractivity contribution in [3.05, 3.63) is 34.8 Å². The van der Waals surface area contributed by atoms with E-state index in [0.29, 0.717) is 29.0 Å². The van der Waals surface area contributed by atoms with Gasteiger partial charge in [0.05, 0.1) is 6.61 Å². The van der Waals surface area contributed by atoms with Crippen molar-refractivity contribution in [3.8, 4) is 5.75 Å². The molecule has 0 aliphatic heterocycles. The molecule has 106 valence electrons. The summed E-state index contributed by atoms with van der Waals surface area (Å²) in [7, 11) is 0. The van der Waals surface area contributed by atoms with Crippen LogP contribution in [0.1, 0.15) is 42.1 Å². The molecule has 2 aromatic rings. The third-order valence-electron chi connectivity index (χ3n) is 2.56. The van der Waals surface area contributed by atoms with Gasteiger partial charge < -0.3 is 4.74 Å². The summed E-state index contributed by atoms with van der Waals surface area (Å²) in [4.78, 5) is 12.1. The van der Waals surface area contributed by atoms with E-state index in [9.17, 15) is 4.79 Å². The molecule has 0 saturated heterocycles. The maximum absolute atomic E-state index is 12.1. The molecule has 0 unspecified atom stereocenters. The highest BCUT2D eigenvalue weighted by Crippen LogP contribution is 2.23. The van der Waals surface area contributed by atoms with Crippen LogP contribution in [0.15, 0.2) is 24.3 Å². The SMILES string of the molecule is CCOc1cccc(C(=O)Nc2nnc(C(C)C)s2)c1. The molecule has 6 heteroatoms. The summed E-state index contributed by atoms with van der Waals surface area (Å²) in [6.45, 7) is 6.55. The van der Waals surface area contributed by atoms with Gasteiger partial charge in [-0.25, -0.2) is 0 Å². The number of anilines is 1. The number of benzene rings is 1. The van der Waals surface area contributed by atoms with E-state index >= 15 is 0 Å². The van der Waals surface area contributed by atoms with Gasteiger partial charge in [-0.3, -0.25) is 10.1 Å². The van der Waals surface area contributed by atoms with Gasteiger partial charge in [0.25, 0.3) is 5.91 Å². The standard InChI is InChI=1S/C14H17N3O2S/c1-4-19-11-7-5-6-10(8-11)12(18)15-14-17-16-13(20-14)9(2)3/h5-9H,4H2,1-3H3,(H,15,17,18). The molecule has 0 fully saturated rings. The minimum atomic E-state index is -0.210. The number of amides is 1. The summed E-state index contributed by atoms with van der Waals surface area (Å²) in [5, 5.41) is 12.2. The second-order valence-corrected chi connectivity index (χ2v) is 5.52. The summed E-state index contributed by atoms with van der Waals surface area (Å²) >= 11 is 1.39. The Morgan fingerprint density at radius 2 is 2.20 bits per heavy atom. The van der Waals surface area contributed by atoms with Gasteiger partial charge in [0.1, 0.15) is 10.8 Å². The molecule has 0 radical (unpaired) electrons. The van der Waals surface area contributed by atoms with Gasteiger partial charge in [0.15, 0.2) is 0 Å². The molecule has 5 nitrogen and oxygen atoms in total. The number of hydrogen-bond acceptors (Lipinski definition) is 5. The fourth-order valence-electron chi connectivity index (χ4n) is 1.58. The average molecular weight is 291 g/mol. The van der Waals surface area contributed by atoms with E-state index in [-0.39, 0.29) is 5.91 Å². The van der Waals surface area contributed by atoms with Crippen LogP contribution >= 0.6 is 11.3 Å². The molecule has 1 heterocycles. The van der Waals surface area contributed by atoms with Gasteiger partial charge in [0.2, 0.25) is 5.13 Å². The third kappa shape index (κ3) is 3.54. The lowest BCUT2D eigenvalue weighted by Crippen LogP contribution is -2.11. The molecule has 1 aromatic carbocycles. The van der Waals surface area contributed by atoms with Crippen molar-refractivity contribution >= 4 is 22.4 Å². The van der Waals surface area contributed by atoms with Crippen molar-refractivity contribution in [1.82, 2.24) is 10.2 Å². The third-order valence-corrected chi connectivity index (χ3v) is 3.70. The van der Waals surface area contributed by atoms with Crippen LogP contribution < -0.4 is 10.1 Å². The van der Waals surface area contributed by atoms with E-state index in [2.05, 4.69) is 15.5 Å². The van der Waals surface area contributed by atoms with Crippen LogP contribution in [0.5, 0.6) is 5.75 Å². The predicted octanol–water partition coefficient (Wildman–Crippen LogP) is 3.31. The lowest BCUT2D eigenvalue weighted by atomic mass is 10.2. The summed E-state index contributed by atoms with van der Waals surface area (Å²) in [5.41, 5.74) is 0.539. The fourth-order valence-corrected chi connectivity index (χ4v) is 2.32. The molecule has 20 heavy (non-hydrogen) atoms. The van der Waals surface area contributed by atoms with Crippen molar-refractivity contribution < 1.29 is 9.53 Å². The largest absolute Gasteiger partial charge is 0.494 e. The molecular weight excluding hydrogens is 274 g/mol. The minimum Gasteiger partial charge on any atom is -0.494 e. The average Bonchev–Trinajstić information content (AvgIpc) is 2.88. The van der Waals surface area contributed by atoms with Gasteiger partial charge in [-0.1, -0.05) is 31.3 Å². The molecule has 0 atom stereocenters. The van der Waals surface area contributed by atoms with Crippen LogP contribution in [0, 0.1) is 0 Å². The van der Waals surface area contributed by atoms with Crippen LogP contribution in [0.25, 0.3) is 0 Å². The van der Waals surface area contributed by atoms with Crippen LogP contribution in [-0.4, -0.2) is 22.7 Å². The second kappa shape index (κ2) is 6.47. The molecule has 0 spiro atoms. The first kappa shape index (κ1) is 14.5. The maximum atomic E-state index is 12.1. The molecule has 1 N–H and O–H groups in total. The first-order valence-electron chi connectivity index (χ1n) is 6.47. The van der Waals surface area contributed by atoms with Crippen LogP contribution in [0.3, 0.4) is 0 Å². The van der Waals surface area contributed by atoms with Gasteiger partial charge in [0, 0.05) is 11.5 Å². The van der Waals surface area contributed by atoms with Crippen molar-refractivity contribution in [2.45, 2.75) is 26.7 Å². The number of nitrogens with one attached hydrogen (secondary N) is 1. The number of nitrogens with zero attached hydrogens (tertiary/aromatic N) is 2. The molecule has 1 aromatic heterocycles. The Morgan fingerprint density at radius 3 is 2.85 bits per heavy atom. The molecule has 0 saturated carbocycles. The Labute approximate surface area is 122 Å². The summed E-state index contributed by atoms with van der Waals surface area (Å²) in [5.74, 6) is 0.776. The Hall–Kier alpha value is -1.95. The highest BCUT2D eigenvalue weighted by atomic mass is 32.1. The molecule has 2 rings (SSSR count). The first-order valence-corrected chi connectivity index (χ1v) is 7.29. The topological polar surface area (TPSA) is 64.1 Å². The Balaban J connectivity index is 2.09. The van der Waals surface area contributed by atoms with Gasteiger partial charge in [-0.2, -0.15) is 0 Å². The van der Waals surface area contributed by atoms with Crippen molar-refractivity contribution in [3.63, 3.8) is 0 Å². The van der Waals surface area contributed by atoms with Crippen molar-refractivity contribution in [2.24, 2.45) is 0 Å². The zero-order valence-electron chi connectivity index (χ0n) is 11.7. The van der Waals surface area contributed by atoms with E-state index in [1.165, 1.54) is 11.3 Å². The normalized spacial score (nSPS) is 10.6. The number of ether oxygens (including phenoxy) is 1. The van der Waals surface area contributed by atoms with E-state index in [1.807, 2.05) is 26.8 Å². The van der Waals surface area contributed by atoms with Gasteiger partial charge in [-0.05, 0) is 25.1 Å². The highest BCUT2D eigenvalue weighted by Gasteiger charge is 2.12. The van der Waals surface area contributed by atoms with Gasteiger partial charge in [-0.15, -0.1) is 10.2 Å². The highest BCUT2D eigenvalue weighted by molar-refractivity contribution is 7.15. The zero-order chi connectivity index (χ0) is 14.5. The maximum Gasteiger partial charge on any atom is 0.257 e. The molecule has 0 bridgehead atoms. The molecule has 1 amide bonds. The summed E-state index contributed by atoms with van der Waals surface area (Å²) < 4.78 is 5.38. The van der Waals surface area contributed by atoms with E-state index in [4.69, 9.17) is 4.74 Å². The molecule has 0 aliphatic carbocycles. The minimum absolute atomic E-state index is 0.210. The number of rotatable bonds is 5. The first-order chi connectivity index (χ1) is 9.60. The summed E-state index contributed by atoms with van der Waals surface area (Å²) in [6.07, 6.45) is 0. The Kier molecular flexibility index (Phi) is 4.68. The Morgan fingerprint density at radius 1 is 1.40 bits per heavy atom. The number of hydrogen-bond donors (Lipinski definition) is 1. The monoisotopic (exact) mass is 291 g/mol. The van der Waals surface area contributed by atoms with Crippen molar-refractivity contribution in [2.75, 3.05) is 11.9 Å². The van der Waals surface area contributed by atoms with Gasteiger partial charge >= 0.3 is 0 Å². The predicted molar refractivity (Wildman–Crippen MR) is 79.6 cm³/mol. The summed E-state index contributed by atoms with van der Waals surface area (Å²) in [6, 6.07) is 7.06. The number of carbonyl (C=O) groups is 1. The second-order valence-electron chi connectivity index (χ2n) is 4.52. The number of carbonyl (C=O) groups excluding carboxylic acids is 1. The van der Waals surface area contributed by atoms with E-state index < -0.39 is 0 Å². The van der Waals surface area contributed by atoms with Crippen molar-refractivity contribution in [1.29, 1.82) is 0 Å². The zero-order valence-corrected chi connectivity index (χ0v) is 12.5. The Bertz CT molecular complexity index is 596. The number of aromatic nitrogens is 2. The quantitative estimate of drug-likeness (QED) is 0.918.